The van der Waals surface area contributed by atoms with Crippen LogP contribution in [0.1, 0.15) is 44.7 Å². The van der Waals surface area contributed by atoms with Crippen molar-refractivity contribution >= 4 is 40.0 Å². The zero-order valence-corrected chi connectivity index (χ0v) is 23.6. The van der Waals surface area contributed by atoms with Crippen LogP contribution < -0.4 is 4.90 Å². The maximum absolute atomic E-state index is 13.7. The van der Waals surface area contributed by atoms with E-state index in [1.165, 1.54) is 10.9 Å². The second kappa shape index (κ2) is 13.0. The smallest absolute Gasteiger partial charge is 0.242 e. The third-order valence-corrected chi connectivity index (χ3v) is 7.48. The summed E-state index contributed by atoms with van der Waals surface area (Å²) in [6.07, 6.45) is 4.54. The number of para-hydroxylation sites is 1. The molecule has 6 nitrogen and oxygen atoms in total. The van der Waals surface area contributed by atoms with E-state index in [1.54, 1.807) is 4.90 Å². The van der Waals surface area contributed by atoms with Crippen LogP contribution in [0.4, 0.5) is 5.69 Å². The predicted octanol–water partition coefficient (Wildman–Crippen LogP) is 5.70. The van der Waals surface area contributed by atoms with Gasteiger partial charge in [0.2, 0.25) is 11.8 Å². The summed E-state index contributed by atoms with van der Waals surface area (Å²) in [6, 6.07) is 16.5. The largest absolute Gasteiger partial charge is 0.378 e. The van der Waals surface area contributed by atoms with E-state index >= 15 is 0 Å². The van der Waals surface area contributed by atoms with Gasteiger partial charge < -0.3 is 19.7 Å². The first-order chi connectivity index (χ1) is 17.7. The van der Waals surface area contributed by atoms with E-state index in [0.717, 1.165) is 36.0 Å². The maximum atomic E-state index is 13.7. The number of aromatic amines is 1. The summed E-state index contributed by atoms with van der Waals surface area (Å²) in [6.45, 7) is 7.42. The van der Waals surface area contributed by atoms with Gasteiger partial charge >= 0.3 is 0 Å². The highest BCUT2D eigenvalue weighted by Gasteiger charge is 2.32. The summed E-state index contributed by atoms with van der Waals surface area (Å²) in [5.74, 6) is 0.0908. The minimum Gasteiger partial charge on any atom is -0.378 e. The van der Waals surface area contributed by atoms with Crippen LogP contribution in [-0.2, 0) is 22.6 Å². The molecule has 0 aliphatic heterocycles. The molecular formula is C30H41ClN4O2. The number of nitrogens with zero attached hydrogens (tertiary/aromatic N) is 3. The lowest BCUT2D eigenvalue weighted by Gasteiger charge is -2.32. The molecule has 0 saturated carbocycles. The molecule has 0 spiro atoms. The van der Waals surface area contributed by atoms with E-state index in [4.69, 9.17) is 11.6 Å². The quantitative estimate of drug-likeness (QED) is 0.292. The summed E-state index contributed by atoms with van der Waals surface area (Å²) < 4.78 is 0. The lowest BCUT2D eigenvalue weighted by Crippen LogP contribution is -2.48. The molecule has 3 aromatic rings. The second-order valence-electron chi connectivity index (χ2n) is 10.6. The number of hydrogen-bond acceptors (Lipinski definition) is 3. The van der Waals surface area contributed by atoms with Gasteiger partial charge in [0.15, 0.2) is 0 Å². The average molecular weight is 525 g/mol. The predicted molar refractivity (Wildman–Crippen MR) is 154 cm³/mol. The first-order valence-electron chi connectivity index (χ1n) is 13.1. The molecule has 200 valence electrons. The number of halogens is 1. The van der Waals surface area contributed by atoms with E-state index in [-0.39, 0.29) is 24.2 Å². The number of carbonyl (C=O) groups excluding carboxylic acids is 2. The molecule has 3 rings (SSSR count). The normalized spacial score (nSPS) is 11.5. The monoisotopic (exact) mass is 524 g/mol. The van der Waals surface area contributed by atoms with Crippen LogP contribution in [0.15, 0.2) is 54.7 Å². The lowest BCUT2D eigenvalue weighted by molar-refractivity contribution is -0.145. The van der Waals surface area contributed by atoms with Crippen LogP contribution in [0.5, 0.6) is 0 Å². The number of hydrogen-bond donors (Lipinski definition) is 1. The van der Waals surface area contributed by atoms with Crippen molar-refractivity contribution in [3.8, 4) is 0 Å². The zero-order valence-electron chi connectivity index (χ0n) is 22.9. The second-order valence-corrected chi connectivity index (χ2v) is 10.9. The third-order valence-electron chi connectivity index (χ3n) is 6.81. The van der Waals surface area contributed by atoms with Gasteiger partial charge in [-0.1, -0.05) is 43.7 Å². The Hall–Kier alpha value is -2.99. The first-order valence-corrected chi connectivity index (χ1v) is 13.6. The number of unbranched alkanes of at least 4 members (excludes halogenated alkanes) is 1. The van der Waals surface area contributed by atoms with Crippen molar-refractivity contribution in [1.29, 1.82) is 0 Å². The van der Waals surface area contributed by atoms with E-state index in [2.05, 4.69) is 53.2 Å². The molecule has 0 atom stereocenters. The fraction of sp³-hybridized carbons (Fsp3) is 0.467. The van der Waals surface area contributed by atoms with Gasteiger partial charge in [0.05, 0.1) is 12.0 Å². The first kappa shape index (κ1) is 28.6. The molecular weight excluding hydrogens is 484 g/mol. The SMILES string of the molecule is CCCCN(CC(=O)N(CCc1c[nH]c2ccccc12)Cc1ccc(N(C)C)cc1)C(=O)C(C)(C)CCl. The Morgan fingerprint density at radius 2 is 1.68 bits per heavy atom. The average Bonchev–Trinajstić information content (AvgIpc) is 3.31. The standard InChI is InChI=1S/C30H41ClN4O2/c1-6-7-17-35(29(37)30(2,3)22-31)21-28(36)34(20-23-12-14-25(15-13-23)33(4)5)18-16-24-19-32-27-11-9-8-10-26(24)27/h8-15,19,32H,6-7,16-18,20-22H2,1-5H3. The van der Waals surface area contributed by atoms with E-state index < -0.39 is 5.41 Å². The van der Waals surface area contributed by atoms with Crippen molar-refractivity contribution in [3.05, 3.63) is 65.9 Å². The maximum Gasteiger partial charge on any atom is 0.242 e. The summed E-state index contributed by atoms with van der Waals surface area (Å²) in [5, 5.41) is 1.17. The van der Waals surface area contributed by atoms with Crippen molar-refractivity contribution in [1.82, 2.24) is 14.8 Å². The van der Waals surface area contributed by atoms with Crippen LogP contribution in [0.25, 0.3) is 10.9 Å². The molecule has 0 bridgehead atoms. The molecule has 0 radical (unpaired) electrons. The Morgan fingerprint density at radius 3 is 2.32 bits per heavy atom. The fourth-order valence-corrected chi connectivity index (χ4v) is 4.47. The minimum atomic E-state index is -0.716. The number of benzene rings is 2. The van der Waals surface area contributed by atoms with Crippen molar-refractivity contribution in [3.63, 3.8) is 0 Å². The number of carbonyl (C=O) groups is 2. The minimum absolute atomic E-state index is 0.0497. The Bertz CT molecular complexity index is 1170. The Morgan fingerprint density at radius 1 is 0.973 bits per heavy atom. The number of H-pyrrole nitrogens is 1. The van der Waals surface area contributed by atoms with Gasteiger partial charge in [-0.05, 0) is 56.0 Å². The summed E-state index contributed by atoms with van der Waals surface area (Å²) in [5.41, 5.74) is 3.73. The molecule has 0 aliphatic rings. The summed E-state index contributed by atoms with van der Waals surface area (Å²) >= 11 is 6.11. The molecule has 7 heteroatoms. The molecule has 0 saturated heterocycles. The summed E-state index contributed by atoms with van der Waals surface area (Å²) in [4.78, 5) is 36.0. The zero-order chi connectivity index (χ0) is 27.0. The molecule has 1 N–H and O–H groups in total. The number of anilines is 1. The highest BCUT2D eigenvalue weighted by Crippen LogP contribution is 2.23. The number of fused-ring (bicyclic) bond motifs is 1. The third kappa shape index (κ3) is 7.51. The highest BCUT2D eigenvalue weighted by molar-refractivity contribution is 6.19. The van der Waals surface area contributed by atoms with Gasteiger partial charge in [-0.15, -0.1) is 11.6 Å². The number of aromatic nitrogens is 1. The fourth-order valence-electron chi connectivity index (χ4n) is 4.36. The molecule has 2 aromatic carbocycles. The Balaban J connectivity index is 1.82. The van der Waals surface area contributed by atoms with Gasteiger partial charge in [-0.2, -0.15) is 0 Å². The molecule has 1 heterocycles. The molecule has 0 aliphatic carbocycles. The highest BCUT2D eigenvalue weighted by atomic mass is 35.5. The lowest BCUT2D eigenvalue weighted by atomic mass is 9.94. The summed E-state index contributed by atoms with van der Waals surface area (Å²) in [7, 11) is 4.02. The molecule has 0 unspecified atom stereocenters. The van der Waals surface area contributed by atoms with Crippen LogP contribution in [0.3, 0.4) is 0 Å². The molecule has 2 amide bonds. The van der Waals surface area contributed by atoms with Gasteiger partial charge in [0.25, 0.3) is 0 Å². The number of nitrogens with one attached hydrogen (secondary N) is 1. The number of amides is 2. The molecule has 37 heavy (non-hydrogen) atoms. The number of rotatable bonds is 13. The van der Waals surface area contributed by atoms with Crippen LogP contribution >= 0.6 is 11.6 Å². The van der Waals surface area contributed by atoms with Crippen molar-refractivity contribution in [2.24, 2.45) is 5.41 Å². The van der Waals surface area contributed by atoms with E-state index in [1.807, 2.05) is 51.2 Å². The van der Waals surface area contributed by atoms with Crippen LogP contribution in [0.2, 0.25) is 0 Å². The Labute approximate surface area is 226 Å². The van der Waals surface area contributed by atoms with Gasteiger partial charge in [-0.3, -0.25) is 9.59 Å². The van der Waals surface area contributed by atoms with Crippen LogP contribution in [0, 0.1) is 5.41 Å². The topological polar surface area (TPSA) is 59.7 Å². The number of alkyl halides is 1. The molecule has 1 aromatic heterocycles. The van der Waals surface area contributed by atoms with Gasteiger partial charge in [0, 0.05) is 62.4 Å². The van der Waals surface area contributed by atoms with Crippen molar-refractivity contribution < 1.29 is 9.59 Å². The molecule has 0 fully saturated rings. The van der Waals surface area contributed by atoms with E-state index in [9.17, 15) is 9.59 Å². The Kier molecular flexibility index (Phi) is 10.0. The van der Waals surface area contributed by atoms with Crippen molar-refractivity contribution in [2.75, 3.05) is 44.5 Å². The van der Waals surface area contributed by atoms with Gasteiger partial charge in [0.1, 0.15) is 0 Å². The van der Waals surface area contributed by atoms with Crippen LogP contribution in [-0.4, -0.2) is 66.2 Å². The van der Waals surface area contributed by atoms with Crippen molar-refractivity contribution in [2.45, 2.75) is 46.6 Å². The van der Waals surface area contributed by atoms with Gasteiger partial charge in [-0.25, -0.2) is 0 Å². The van der Waals surface area contributed by atoms with E-state index in [0.29, 0.717) is 19.6 Å².